The van der Waals surface area contributed by atoms with Crippen molar-refractivity contribution < 1.29 is 0 Å². The molecule has 0 aliphatic carbocycles. The van der Waals surface area contributed by atoms with Crippen LogP contribution in [0.4, 0.5) is 5.82 Å². The van der Waals surface area contributed by atoms with Gasteiger partial charge in [-0.05, 0) is 26.0 Å². The second kappa shape index (κ2) is 6.42. The lowest BCUT2D eigenvalue weighted by Gasteiger charge is -2.40. The van der Waals surface area contributed by atoms with E-state index in [0.29, 0.717) is 17.6 Å². The Kier molecular flexibility index (Phi) is 4.36. The average Bonchev–Trinajstić information content (AvgIpc) is 2.94. The van der Waals surface area contributed by atoms with Gasteiger partial charge < -0.3 is 4.90 Å². The highest BCUT2D eigenvalue weighted by Gasteiger charge is 2.26. The van der Waals surface area contributed by atoms with Crippen LogP contribution in [0.5, 0.6) is 0 Å². The first-order valence-corrected chi connectivity index (χ1v) is 8.24. The Labute approximate surface area is 134 Å². The zero-order chi connectivity index (χ0) is 15.5. The molecule has 1 aliphatic heterocycles. The molecule has 0 amide bonds. The largest absolute Gasteiger partial charge is 0.351 e. The number of nitrogens with zero attached hydrogens (tertiary/aromatic N) is 5. The second-order valence-corrected chi connectivity index (χ2v) is 6.99. The average molecular weight is 313 g/mol. The molecule has 3 rings (SSSR count). The van der Waals surface area contributed by atoms with Gasteiger partial charge in [-0.3, -0.25) is 4.90 Å². The summed E-state index contributed by atoms with van der Waals surface area (Å²) in [5.41, 5.74) is 0.414. The summed E-state index contributed by atoms with van der Waals surface area (Å²) >= 11 is 1.87. The van der Waals surface area contributed by atoms with Crippen molar-refractivity contribution in [3.63, 3.8) is 0 Å². The SMILES string of the molecule is Cc1ccc(CN2CCN(c3nccnc3C#N)CC2C)s1. The first kappa shape index (κ1) is 14.9. The molecule has 0 N–H and O–H groups in total. The fourth-order valence-electron chi connectivity index (χ4n) is 2.83. The van der Waals surface area contributed by atoms with Crippen molar-refractivity contribution in [2.24, 2.45) is 0 Å². The molecule has 1 unspecified atom stereocenters. The van der Waals surface area contributed by atoms with Crippen LogP contribution >= 0.6 is 11.3 Å². The van der Waals surface area contributed by atoms with E-state index in [4.69, 9.17) is 0 Å². The minimum atomic E-state index is 0.414. The van der Waals surface area contributed by atoms with Gasteiger partial charge in [0, 0.05) is 54.4 Å². The fourth-order valence-corrected chi connectivity index (χ4v) is 3.75. The fraction of sp³-hybridized carbons (Fsp3) is 0.438. The van der Waals surface area contributed by atoms with Crippen molar-refractivity contribution in [2.75, 3.05) is 24.5 Å². The van der Waals surface area contributed by atoms with E-state index >= 15 is 0 Å². The molecule has 2 aromatic heterocycles. The van der Waals surface area contributed by atoms with Crippen LogP contribution in [0.3, 0.4) is 0 Å². The van der Waals surface area contributed by atoms with Gasteiger partial charge in [0.15, 0.2) is 11.5 Å². The molecule has 0 bridgehead atoms. The molecular formula is C16H19N5S. The maximum Gasteiger partial charge on any atom is 0.183 e. The molecule has 1 saturated heterocycles. The van der Waals surface area contributed by atoms with Crippen LogP contribution in [0.15, 0.2) is 24.5 Å². The molecule has 22 heavy (non-hydrogen) atoms. The Morgan fingerprint density at radius 1 is 1.32 bits per heavy atom. The van der Waals surface area contributed by atoms with Crippen LogP contribution in [0.25, 0.3) is 0 Å². The summed E-state index contributed by atoms with van der Waals surface area (Å²) < 4.78 is 0. The minimum absolute atomic E-state index is 0.414. The van der Waals surface area contributed by atoms with Crippen LogP contribution in [0.1, 0.15) is 22.4 Å². The summed E-state index contributed by atoms with van der Waals surface area (Å²) in [5.74, 6) is 0.712. The van der Waals surface area contributed by atoms with Gasteiger partial charge in [0.1, 0.15) is 6.07 Å². The maximum atomic E-state index is 9.18. The number of aromatic nitrogens is 2. The van der Waals surface area contributed by atoms with E-state index in [1.165, 1.54) is 9.75 Å². The molecule has 2 aromatic rings. The molecule has 6 heteroatoms. The van der Waals surface area contributed by atoms with E-state index in [9.17, 15) is 5.26 Å². The standard InChI is InChI=1S/C16H19N5S/c1-12-10-21(16-15(9-17)18-5-6-19-16)8-7-20(12)11-14-4-3-13(2)22-14/h3-6,12H,7-8,10-11H2,1-2H3. The van der Waals surface area contributed by atoms with Gasteiger partial charge >= 0.3 is 0 Å². The number of hydrogen-bond acceptors (Lipinski definition) is 6. The molecule has 3 heterocycles. The summed E-state index contributed by atoms with van der Waals surface area (Å²) in [5, 5.41) is 9.18. The molecule has 0 radical (unpaired) electrons. The quantitative estimate of drug-likeness (QED) is 0.871. The van der Waals surface area contributed by atoms with Gasteiger partial charge in [0.05, 0.1) is 0 Å². The summed E-state index contributed by atoms with van der Waals surface area (Å²) in [4.78, 5) is 15.9. The first-order chi connectivity index (χ1) is 10.7. The van der Waals surface area contributed by atoms with E-state index in [0.717, 1.165) is 26.2 Å². The zero-order valence-corrected chi connectivity index (χ0v) is 13.7. The number of thiophene rings is 1. The van der Waals surface area contributed by atoms with Gasteiger partial charge in [-0.1, -0.05) is 0 Å². The third kappa shape index (κ3) is 3.11. The van der Waals surface area contributed by atoms with Crippen LogP contribution < -0.4 is 4.90 Å². The smallest absolute Gasteiger partial charge is 0.183 e. The zero-order valence-electron chi connectivity index (χ0n) is 12.9. The normalized spacial score (nSPS) is 19.1. The predicted octanol–water partition coefficient (Wildman–Crippen LogP) is 2.43. The predicted molar refractivity (Wildman–Crippen MR) is 87.9 cm³/mol. The lowest BCUT2D eigenvalue weighted by Crippen LogP contribution is -2.51. The summed E-state index contributed by atoms with van der Waals surface area (Å²) in [6.45, 7) is 8.10. The molecular weight excluding hydrogens is 294 g/mol. The highest BCUT2D eigenvalue weighted by atomic mass is 32.1. The third-order valence-corrected chi connectivity index (χ3v) is 4.99. The number of aryl methyl sites for hydroxylation is 1. The van der Waals surface area contributed by atoms with Crippen LogP contribution in [-0.4, -0.2) is 40.5 Å². The molecule has 5 nitrogen and oxygen atoms in total. The van der Waals surface area contributed by atoms with Crippen LogP contribution in [0.2, 0.25) is 0 Å². The van der Waals surface area contributed by atoms with Crippen molar-refractivity contribution in [1.82, 2.24) is 14.9 Å². The number of hydrogen-bond donors (Lipinski definition) is 0. The van der Waals surface area contributed by atoms with Crippen molar-refractivity contribution >= 4 is 17.2 Å². The van der Waals surface area contributed by atoms with Gasteiger partial charge in [-0.25, -0.2) is 9.97 Å². The van der Waals surface area contributed by atoms with E-state index in [1.54, 1.807) is 12.4 Å². The molecule has 1 atom stereocenters. The molecule has 114 valence electrons. The van der Waals surface area contributed by atoms with Crippen molar-refractivity contribution in [3.05, 3.63) is 40.0 Å². The highest BCUT2D eigenvalue weighted by Crippen LogP contribution is 2.23. The second-order valence-electron chi connectivity index (χ2n) is 5.62. The van der Waals surface area contributed by atoms with Crippen LogP contribution in [-0.2, 0) is 6.54 Å². The highest BCUT2D eigenvalue weighted by molar-refractivity contribution is 7.11. The van der Waals surface area contributed by atoms with Crippen molar-refractivity contribution in [1.29, 1.82) is 5.26 Å². The topological polar surface area (TPSA) is 56.1 Å². The van der Waals surface area contributed by atoms with E-state index in [-0.39, 0.29) is 0 Å². The lowest BCUT2D eigenvalue weighted by atomic mass is 10.1. The van der Waals surface area contributed by atoms with Crippen molar-refractivity contribution in [3.8, 4) is 6.07 Å². The Bertz CT molecular complexity index is 690. The van der Waals surface area contributed by atoms with E-state index < -0.39 is 0 Å². The number of nitriles is 1. The lowest BCUT2D eigenvalue weighted by molar-refractivity contribution is 0.182. The van der Waals surface area contributed by atoms with Gasteiger partial charge in [-0.15, -0.1) is 11.3 Å². The minimum Gasteiger partial charge on any atom is -0.351 e. The van der Waals surface area contributed by atoms with E-state index in [2.05, 4.69) is 51.8 Å². The number of rotatable bonds is 3. The summed E-state index contributed by atoms with van der Waals surface area (Å²) in [6.07, 6.45) is 3.22. The maximum absolute atomic E-state index is 9.18. The Morgan fingerprint density at radius 3 is 2.82 bits per heavy atom. The summed E-state index contributed by atoms with van der Waals surface area (Å²) in [6, 6.07) is 6.95. The molecule has 1 aliphatic rings. The van der Waals surface area contributed by atoms with Gasteiger partial charge in [0.25, 0.3) is 0 Å². The van der Waals surface area contributed by atoms with Gasteiger partial charge in [0.2, 0.25) is 0 Å². The Hall–Kier alpha value is -1.97. The number of anilines is 1. The van der Waals surface area contributed by atoms with Gasteiger partial charge in [-0.2, -0.15) is 5.26 Å². The van der Waals surface area contributed by atoms with Crippen LogP contribution in [0, 0.1) is 18.3 Å². The Morgan fingerprint density at radius 2 is 2.14 bits per heavy atom. The van der Waals surface area contributed by atoms with Crippen molar-refractivity contribution in [2.45, 2.75) is 26.4 Å². The number of piperazine rings is 1. The molecule has 0 aromatic carbocycles. The Balaban J connectivity index is 1.68. The molecule has 0 spiro atoms. The monoisotopic (exact) mass is 313 g/mol. The third-order valence-electron chi connectivity index (χ3n) is 4.00. The van der Waals surface area contributed by atoms with E-state index in [1.807, 2.05) is 11.3 Å². The molecule has 1 fully saturated rings. The summed E-state index contributed by atoms with van der Waals surface area (Å²) in [7, 11) is 0. The molecule has 0 saturated carbocycles. The first-order valence-electron chi connectivity index (χ1n) is 7.43.